The van der Waals surface area contributed by atoms with Crippen molar-refractivity contribution in [1.29, 1.82) is 0 Å². The molecule has 0 saturated carbocycles. The number of aromatic nitrogens is 2. The molecule has 1 N–H and O–H groups in total. The standard InChI is InChI=1S/C21H23N3O2S/c1-2-24-20(26)17-12-6-7-13-18(17)23-21(24)27-15-19(25)22-14-8-11-16-9-4-3-5-10-16/h3-7,9-10,12-13H,2,8,11,14-15H2,1H3,(H,22,25). The summed E-state index contributed by atoms with van der Waals surface area (Å²) in [6.07, 6.45) is 1.84. The molecule has 0 saturated heterocycles. The summed E-state index contributed by atoms with van der Waals surface area (Å²) in [5.41, 5.74) is 1.88. The molecule has 1 heterocycles. The molecule has 3 aromatic rings. The molecule has 27 heavy (non-hydrogen) atoms. The number of nitrogens with zero attached hydrogens (tertiary/aromatic N) is 2. The second-order valence-corrected chi connectivity index (χ2v) is 7.13. The van der Waals surface area contributed by atoms with Crippen LogP contribution in [-0.2, 0) is 17.8 Å². The van der Waals surface area contributed by atoms with Gasteiger partial charge in [-0.2, -0.15) is 0 Å². The maximum atomic E-state index is 12.6. The summed E-state index contributed by atoms with van der Waals surface area (Å²) in [6, 6.07) is 17.5. The van der Waals surface area contributed by atoms with Gasteiger partial charge in [-0.25, -0.2) is 4.98 Å². The summed E-state index contributed by atoms with van der Waals surface area (Å²) in [6.45, 7) is 3.07. The molecule has 0 aliphatic heterocycles. The highest BCUT2D eigenvalue weighted by atomic mass is 32.2. The number of carbonyl (C=O) groups is 1. The van der Waals surface area contributed by atoms with E-state index in [2.05, 4.69) is 22.4 Å². The highest BCUT2D eigenvalue weighted by Crippen LogP contribution is 2.17. The topological polar surface area (TPSA) is 64.0 Å². The predicted molar refractivity (Wildman–Crippen MR) is 110 cm³/mol. The quantitative estimate of drug-likeness (QED) is 0.370. The minimum atomic E-state index is -0.0612. The molecule has 140 valence electrons. The van der Waals surface area contributed by atoms with Crippen molar-refractivity contribution in [2.75, 3.05) is 12.3 Å². The number of carbonyl (C=O) groups excluding carboxylic acids is 1. The molecule has 1 aromatic heterocycles. The largest absolute Gasteiger partial charge is 0.355 e. The molecule has 1 amide bonds. The lowest BCUT2D eigenvalue weighted by molar-refractivity contribution is -0.118. The Labute approximate surface area is 162 Å². The summed E-state index contributed by atoms with van der Waals surface area (Å²) in [5.74, 6) is 0.203. The average Bonchev–Trinajstić information content (AvgIpc) is 2.70. The van der Waals surface area contributed by atoms with Gasteiger partial charge in [0, 0.05) is 13.1 Å². The number of fused-ring (bicyclic) bond motifs is 1. The van der Waals surface area contributed by atoms with Crippen LogP contribution in [0.2, 0.25) is 0 Å². The molecule has 0 bridgehead atoms. The Balaban J connectivity index is 1.54. The van der Waals surface area contributed by atoms with Gasteiger partial charge in [0.15, 0.2) is 5.16 Å². The zero-order valence-corrected chi connectivity index (χ0v) is 16.2. The van der Waals surface area contributed by atoms with Crippen LogP contribution in [0.4, 0.5) is 0 Å². The minimum absolute atomic E-state index is 0.0434. The van der Waals surface area contributed by atoms with E-state index in [4.69, 9.17) is 0 Å². The number of hydrogen-bond acceptors (Lipinski definition) is 4. The molecule has 0 atom stereocenters. The molecule has 0 radical (unpaired) electrons. The van der Waals surface area contributed by atoms with Gasteiger partial charge in [-0.15, -0.1) is 0 Å². The van der Waals surface area contributed by atoms with Crippen molar-refractivity contribution in [3.05, 3.63) is 70.5 Å². The van der Waals surface area contributed by atoms with Gasteiger partial charge in [-0.1, -0.05) is 54.2 Å². The fraction of sp³-hybridized carbons (Fsp3) is 0.286. The SMILES string of the molecule is CCn1c(SCC(=O)NCCCc2ccccc2)nc2ccccc2c1=O. The number of para-hydroxylation sites is 1. The maximum Gasteiger partial charge on any atom is 0.262 e. The second kappa shape index (κ2) is 9.37. The zero-order chi connectivity index (χ0) is 19.1. The number of nitrogens with one attached hydrogen (secondary N) is 1. The smallest absolute Gasteiger partial charge is 0.262 e. The van der Waals surface area contributed by atoms with Crippen LogP contribution in [0.5, 0.6) is 0 Å². The molecule has 0 aliphatic rings. The zero-order valence-electron chi connectivity index (χ0n) is 15.4. The average molecular weight is 382 g/mol. The van der Waals surface area contributed by atoms with Crippen molar-refractivity contribution in [2.45, 2.75) is 31.5 Å². The summed E-state index contributed by atoms with van der Waals surface area (Å²) in [7, 11) is 0. The van der Waals surface area contributed by atoms with E-state index in [0.29, 0.717) is 29.1 Å². The van der Waals surface area contributed by atoms with Gasteiger partial charge in [0.2, 0.25) is 5.91 Å². The van der Waals surface area contributed by atoms with E-state index < -0.39 is 0 Å². The fourth-order valence-electron chi connectivity index (χ4n) is 2.88. The van der Waals surface area contributed by atoms with Gasteiger partial charge in [-0.3, -0.25) is 14.2 Å². The van der Waals surface area contributed by atoms with E-state index in [-0.39, 0.29) is 17.2 Å². The van der Waals surface area contributed by atoms with E-state index in [1.807, 2.05) is 43.3 Å². The third-order valence-electron chi connectivity index (χ3n) is 4.28. The van der Waals surface area contributed by atoms with Gasteiger partial charge >= 0.3 is 0 Å². The molecule has 5 nitrogen and oxygen atoms in total. The van der Waals surface area contributed by atoms with Crippen molar-refractivity contribution < 1.29 is 4.79 Å². The van der Waals surface area contributed by atoms with Crippen LogP contribution in [-0.4, -0.2) is 27.8 Å². The molecule has 0 aliphatic carbocycles. The lowest BCUT2D eigenvalue weighted by Gasteiger charge is -2.11. The second-order valence-electron chi connectivity index (χ2n) is 6.19. The molecular formula is C21H23N3O2S. The number of rotatable bonds is 8. The monoisotopic (exact) mass is 381 g/mol. The van der Waals surface area contributed by atoms with Crippen molar-refractivity contribution in [1.82, 2.24) is 14.9 Å². The van der Waals surface area contributed by atoms with E-state index in [0.717, 1.165) is 12.8 Å². The van der Waals surface area contributed by atoms with Crippen LogP contribution in [0.25, 0.3) is 10.9 Å². The molecule has 0 spiro atoms. The van der Waals surface area contributed by atoms with Crippen molar-refractivity contribution in [3.8, 4) is 0 Å². The first-order valence-electron chi connectivity index (χ1n) is 9.12. The summed E-state index contributed by atoms with van der Waals surface area (Å²) in [4.78, 5) is 29.3. The Hall–Kier alpha value is -2.60. The van der Waals surface area contributed by atoms with Crippen molar-refractivity contribution >= 4 is 28.6 Å². The third-order valence-corrected chi connectivity index (χ3v) is 5.26. The molecule has 2 aromatic carbocycles. The first-order chi connectivity index (χ1) is 13.2. The van der Waals surface area contributed by atoms with E-state index in [1.54, 1.807) is 10.6 Å². The van der Waals surface area contributed by atoms with Gasteiger partial charge in [-0.05, 0) is 37.5 Å². The lowest BCUT2D eigenvalue weighted by Crippen LogP contribution is -2.27. The Kier molecular flexibility index (Phi) is 6.65. The van der Waals surface area contributed by atoms with Gasteiger partial charge in [0.05, 0.1) is 16.7 Å². The van der Waals surface area contributed by atoms with Gasteiger partial charge < -0.3 is 5.32 Å². The molecule has 6 heteroatoms. The summed E-state index contributed by atoms with van der Waals surface area (Å²) >= 11 is 1.30. The van der Waals surface area contributed by atoms with Crippen molar-refractivity contribution in [3.63, 3.8) is 0 Å². The van der Waals surface area contributed by atoms with Crippen LogP contribution < -0.4 is 10.9 Å². The summed E-state index contributed by atoms with van der Waals surface area (Å²) < 4.78 is 1.62. The molecular weight excluding hydrogens is 358 g/mol. The molecule has 0 unspecified atom stereocenters. The van der Waals surface area contributed by atoms with Crippen LogP contribution in [0.1, 0.15) is 18.9 Å². The maximum absolute atomic E-state index is 12.6. The third kappa shape index (κ3) is 4.98. The number of aryl methyl sites for hydroxylation is 1. The lowest BCUT2D eigenvalue weighted by atomic mass is 10.1. The van der Waals surface area contributed by atoms with Gasteiger partial charge in [0.25, 0.3) is 5.56 Å². The first-order valence-corrected chi connectivity index (χ1v) is 10.1. The van der Waals surface area contributed by atoms with Gasteiger partial charge in [0.1, 0.15) is 0 Å². The molecule has 0 fully saturated rings. The first kappa shape index (κ1) is 19.2. The van der Waals surface area contributed by atoms with E-state index >= 15 is 0 Å². The van der Waals surface area contributed by atoms with E-state index in [9.17, 15) is 9.59 Å². The Bertz CT molecular complexity index is 970. The Morgan fingerprint density at radius 2 is 1.85 bits per heavy atom. The van der Waals surface area contributed by atoms with Crippen LogP contribution >= 0.6 is 11.8 Å². The van der Waals surface area contributed by atoms with Crippen LogP contribution in [0, 0.1) is 0 Å². The predicted octanol–water partition coefficient (Wildman–Crippen LogP) is 3.26. The normalized spacial score (nSPS) is 10.9. The number of amides is 1. The number of hydrogen-bond donors (Lipinski definition) is 1. The minimum Gasteiger partial charge on any atom is -0.355 e. The van der Waals surface area contributed by atoms with Crippen LogP contribution in [0.3, 0.4) is 0 Å². The Morgan fingerprint density at radius 3 is 2.63 bits per heavy atom. The number of thioether (sulfide) groups is 1. The van der Waals surface area contributed by atoms with Crippen LogP contribution in [0.15, 0.2) is 64.5 Å². The van der Waals surface area contributed by atoms with E-state index in [1.165, 1.54) is 17.3 Å². The highest BCUT2D eigenvalue weighted by Gasteiger charge is 2.11. The number of benzene rings is 2. The Morgan fingerprint density at radius 1 is 1.11 bits per heavy atom. The highest BCUT2D eigenvalue weighted by molar-refractivity contribution is 7.99. The molecule has 3 rings (SSSR count). The fourth-order valence-corrected chi connectivity index (χ4v) is 3.78. The summed E-state index contributed by atoms with van der Waals surface area (Å²) in [5, 5.41) is 4.13. The van der Waals surface area contributed by atoms with Crippen molar-refractivity contribution in [2.24, 2.45) is 0 Å².